The number of sulfonamides is 1. The summed E-state index contributed by atoms with van der Waals surface area (Å²) in [7, 11) is -14.9. The van der Waals surface area contributed by atoms with E-state index in [0.717, 1.165) is 47.0 Å². The van der Waals surface area contributed by atoms with Crippen LogP contribution in [-0.2, 0) is 40.5 Å². The van der Waals surface area contributed by atoms with Gasteiger partial charge in [0.05, 0.1) is 11.9 Å². The van der Waals surface area contributed by atoms with E-state index in [1.54, 1.807) is 0 Å². The summed E-state index contributed by atoms with van der Waals surface area (Å²) in [6.45, 7) is 0. The molecule has 2 rings (SSSR count). The molecule has 0 aliphatic heterocycles. The molecule has 0 saturated heterocycles. The van der Waals surface area contributed by atoms with Crippen molar-refractivity contribution >= 4 is 64.0 Å². The van der Waals surface area contributed by atoms with E-state index in [9.17, 15) is 42.8 Å². The van der Waals surface area contributed by atoms with Crippen molar-refractivity contribution in [2.24, 2.45) is 0 Å². The topological polar surface area (TPSA) is 204 Å². The predicted molar refractivity (Wildman–Crippen MR) is 126 cm³/mol. The van der Waals surface area contributed by atoms with E-state index < -0.39 is 50.3 Å². The fourth-order valence-electron chi connectivity index (χ4n) is 2.55. The molecule has 0 aliphatic rings. The highest BCUT2D eigenvalue weighted by Crippen LogP contribution is 2.27. The molecule has 2 aromatic carbocycles. The van der Waals surface area contributed by atoms with Crippen molar-refractivity contribution in [3.8, 4) is 0 Å². The van der Waals surface area contributed by atoms with Gasteiger partial charge < -0.3 is 0 Å². The molecule has 2 aromatic rings. The number of hydrogen-bond donors (Lipinski definition) is 4. The van der Waals surface area contributed by atoms with Gasteiger partial charge in [0.25, 0.3) is 20.2 Å². The number of nitrogens with zero attached hydrogens (tertiary/aromatic N) is 1. The Labute approximate surface area is 197 Å². The van der Waals surface area contributed by atoms with E-state index in [0.29, 0.717) is 0 Å². The highest BCUT2D eigenvalue weighted by atomic mass is 32.2. The molecule has 0 radical (unpaired) electrons. The number of hydrogen-bond acceptors (Lipinski definition) is 8. The average Bonchev–Trinajstić information content (AvgIpc) is 2.64. The Morgan fingerprint density at radius 3 is 1.41 bits per heavy atom. The molecule has 13 nitrogen and oxygen atoms in total. The third-order valence-corrected chi connectivity index (χ3v) is 7.94. The first-order chi connectivity index (χ1) is 15.3. The van der Waals surface area contributed by atoms with Gasteiger partial charge in [-0.05, 0) is 35.4 Å². The first-order valence-electron chi connectivity index (χ1n) is 8.89. The van der Waals surface area contributed by atoms with Crippen molar-refractivity contribution in [2.75, 3.05) is 29.8 Å². The number of nitrogens with one attached hydrogen (secondary N) is 2. The van der Waals surface area contributed by atoms with E-state index >= 15 is 0 Å². The number of rotatable bonds is 9. The Bertz CT molecular complexity index is 1560. The normalized spacial score (nSPS) is 13.4. The Hall–Kier alpha value is -2.54. The van der Waals surface area contributed by atoms with E-state index in [1.165, 1.54) is 26.2 Å². The number of benzene rings is 2. The molecule has 0 heterocycles. The van der Waals surface area contributed by atoms with Gasteiger partial charge in [-0.2, -0.15) is 29.6 Å². The van der Waals surface area contributed by atoms with Crippen LogP contribution in [0.15, 0.2) is 46.2 Å². The lowest BCUT2D eigenvalue weighted by Gasteiger charge is -2.14. The highest BCUT2D eigenvalue weighted by Gasteiger charge is 2.20. The molecule has 0 unspecified atom stereocenters. The second-order valence-corrected chi connectivity index (χ2v) is 13.5. The maximum atomic E-state index is 12.0. The molecule has 4 N–H and O–H groups in total. The van der Waals surface area contributed by atoms with Gasteiger partial charge in [0.15, 0.2) is 0 Å². The van der Waals surface area contributed by atoms with Crippen molar-refractivity contribution in [2.45, 2.75) is 9.79 Å². The first-order valence-corrected chi connectivity index (χ1v) is 15.1. The smallest absolute Gasteiger partial charge is 0.284 e. The second kappa shape index (κ2) is 9.61. The van der Waals surface area contributed by atoms with Crippen LogP contribution in [0.1, 0.15) is 11.1 Å². The summed E-state index contributed by atoms with van der Waals surface area (Å²) in [6, 6.07) is 6.44. The zero-order chi connectivity index (χ0) is 26.1. The molecular weight excluding hydrogens is 534 g/mol. The van der Waals surface area contributed by atoms with E-state index in [-0.39, 0.29) is 22.5 Å². The molecule has 0 atom stereocenters. The molecule has 0 fully saturated rings. The van der Waals surface area contributed by atoms with Crippen LogP contribution in [0.25, 0.3) is 12.2 Å². The van der Waals surface area contributed by atoms with Gasteiger partial charge >= 0.3 is 10.2 Å². The first kappa shape index (κ1) is 27.7. The lowest BCUT2D eigenvalue weighted by atomic mass is 10.1. The summed E-state index contributed by atoms with van der Waals surface area (Å²) in [6.07, 6.45) is 3.04. The van der Waals surface area contributed by atoms with Gasteiger partial charge in [0.2, 0.25) is 10.0 Å². The minimum atomic E-state index is -4.85. The summed E-state index contributed by atoms with van der Waals surface area (Å²) in [5.41, 5.74) is -0.605. The maximum Gasteiger partial charge on any atom is 0.301 e. The summed E-state index contributed by atoms with van der Waals surface area (Å²) in [4.78, 5) is -1.37. The summed E-state index contributed by atoms with van der Waals surface area (Å²) >= 11 is 0. The van der Waals surface area contributed by atoms with Crippen molar-refractivity contribution in [1.29, 1.82) is 0 Å². The molecular formula is C17H21N3O10S4. The monoisotopic (exact) mass is 555 g/mol. The summed E-state index contributed by atoms with van der Waals surface area (Å²) in [5.74, 6) is 0. The van der Waals surface area contributed by atoms with E-state index in [1.807, 2.05) is 0 Å². The van der Waals surface area contributed by atoms with Crippen LogP contribution in [-0.4, -0.2) is 67.4 Å². The summed E-state index contributed by atoms with van der Waals surface area (Å²) < 4.78 is 118. The quantitative estimate of drug-likeness (QED) is 0.254. The van der Waals surface area contributed by atoms with Gasteiger partial charge in [-0.1, -0.05) is 24.3 Å². The second-order valence-electron chi connectivity index (χ2n) is 7.05. The molecule has 188 valence electrons. The fourth-order valence-corrected chi connectivity index (χ4v) is 5.13. The minimum Gasteiger partial charge on any atom is -0.284 e. The van der Waals surface area contributed by atoms with Crippen LogP contribution in [0.3, 0.4) is 0 Å². The molecule has 34 heavy (non-hydrogen) atoms. The molecule has 0 bridgehead atoms. The van der Waals surface area contributed by atoms with Gasteiger partial charge in [0.1, 0.15) is 9.79 Å². The van der Waals surface area contributed by atoms with Crippen LogP contribution in [0.5, 0.6) is 0 Å². The SMILES string of the molecule is CN(C)S(=O)(=O)Nc1ccc(/C=C/c2ccc(NS(C)(=O)=O)cc2S(=O)(=O)O)c(S(=O)(=O)O)c1. The molecule has 0 amide bonds. The Morgan fingerprint density at radius 1 is 0.706 bits per heavy atom. The maximum absolute atomic E-state index is 12.0. The largest absolute Gasteiger partial charge is 0.301 e. The molecule has 0 aliphatic carbocycles. The van der Waals surface area contributed by atoms with Crippen LogP contribution < -0.4 is 9.44 Å². The average molecular weight is 556 g/mol. The van der Waals surface area contributed by atoms with Crippen molar-refractivity contribution in [1.82, 2.24) is 4.31 Å². The predicted octanol–water partition coefficient (Wildman–Crippen LogP) is 0.940. The minimum absolute atomic E-state index is 0.139. The molecule has 0 aromatic heterocycles. The lowest BCUT2D eigenvalue weighted by molar-refractivity contribution is 0.480. The third-order valence-electron chi connectivity index (χ3n) is 4.06. The van der Waals surface area contributed by atoms with E-state index in [2.05, 4.69) is 9.44 Å². The summed E-state index contributed by atoms with van der Waals surface area (Å²) in [5, 5.41) is 0. The standard InChI is InChI=1S/C17H21N3O10S4/c1-20(2)34(29,30)19-15-9-7-13(17(11-15)33(26,27)28)5-4-12-6-8-14(18-31(3,21)22)10-16(12)32(23,24)25/h4-11,18-19H,1-3H3,(H,23,24,25)(H,26,27,28)/b5-4+. The van der Waals surface area contributed by atoms with E-state index in [4.69, 9.17) is 0 Å². The highest BCUT2D eigenvalue weighted by molar-refractivity contribution is 7.92. The van der Waals surface area contributed by atoms with Crippen LogP contribution in [0.4, 0.5) is 11.4 Å². The van der Waals surface area contributed by atoms with Crippen LogP contribution in [0.2, 0.25) is 0 Å². The van der Waals surface area contributed by atoms with Crippen molar-refractivity contribution in [3.05, 3.63) is 47.5 Å². The molecule has 0 saturated carbocycles. The zero-order valence-electron chi connectivity index (χ0n) is 17.9. The van der Waals surface area contributed by atoms with Gasteiger partial charge in [-0.3, -0.25) is 18.5 Å². The van der Waals surface area contributed by atoms with Crippen molar-refractivity contribution < 1.29 is 42.8 Å². The van der Waals surface area contributed by atoms with Crippen molar-refractivity contribution in [3.63, 3.8) is 0 Å². The van der Waals surface area contributed by atoms with Gasteiger partial charge in [-0.25, -0.2) is 8.42 Å². The fraction of sp³-hybridized carbons (Fsp3) is 0.176. The van der Waals surface area contributed by atoms with Gasteiger partial charge in [-0.15, -0.1) is 0 Å². The third kappa shape index (κ3) is 7.49. The lowest BCUT2D eigenvalue weighted by Crippen LogP contribution is -2.29. The number of anilines is 2. The van der Waals surface area contributed by atoms with Crippen LogP contribution in [0, 0.1) is 0 Å². The Kier molecular flexibility index (Phi) is 7.83. The molecule has 0 spiro atoms. The Morgan fingerprint density at radius 2 is 1.09 bits per heavy atom. The molecule has 17 heteroatoms. The van der Waals surface area contributed by atoms with Gasteiger partial charge in [0, 0.05) is 19.8 Å². The zero-order valence-corrected chi connectivity index (χ0v) is 21.1. The van der Waals surface area contributed by atoms with Crippen LogP contribution >= 0.6 is 0 Å². The Balaban J connectivity index is 2.58.